The van der Waals surface area contributed by atoms with Gasteiger partial charge in [0.05, 0.1) is 16.6 Å². The number of para-hydroxylation sites is 2. The average Bonchev–Trinajstić information content (AvgIpc) is 3.06. The van der Waals surface area contributed by atoms with Gasteiger partial charge >= 0.3 is 0 Å². The highest BCUT2D eigenvalue weighted by Gasteiger charge is 2.32. The van der Waals surface area contributed by atoms with Crippen LogP contribution < -0.4 is 10.6 Å². The highest BCUT2D eigenvalue weighted by molar-refractivity contribution is 7.98. The third-order valence-electron chi connectivity index (χ3n) is 5.65. The molecule has 0 saturated carbocycles. The topological polar surface area (TPSA) is 83.9 Å². The zero-order valence-corrected chi connectivity index (χ0v) is 17.6. The van der Waals surface area contributed by atoms with Gasteiger partial charge in [-0.3, -0.25) is 9.20 Å². The predicted octanol–water partition coefficient (Wildman–Crippen LogP) is 3.33. The number of benzene rings is 1. The highest BCUT2D eigenvalue weighted by Crippen LogP contribution is 2.39. The Kier molecular flexibility index (Phi) is 5.79. The molecule has 3 N–H and O–H groups in total. The Morgan fingerprint density at radius 3 is 2.61 bits per heavy atom. The number of halogens is 1. The van der Waals surface area contributed by atoms with Gasteiger partial charge in [-0.1, -0.05) is 19.1 Å². The Hall–Kier alpha value is -1.96. The maximum atomic E-state index is 12.1. The van der Waals surface area contributed by atoms with E-state index in [-0.39, 0.29) is 24.4 Å². The van der Waals surface area contributed by atoms with Crippen molar-refractivity contribution in [1.82, 2.24) is 9.38 Å². The van der Waals surface area contributed by atoms with Crippen LogP contribution in [0.3, 0.4) is 0 Å². The highest BCUT2D eigenvalue weighted by atomic mass is 35.5. The minimum atomic E-state index is -0.469. The minimum absolute atomic E-state index is 0. The van der Waals surface area contributed by atoms with Gasteiger partial charge in [-0.25, -0.2) is 4.98 Å². The monoisotopic (exact) mass is 420 g/mol. The molecule has 8 heteroatoms. The predicted molar refractivity (Wildman–Crippen MR) is 117 cm³/mol. The minimum Gasteiger partial charge on any atom is -0.396 e. The lowest BCUT2D eigenvalue weighted by molar-refractivity contribution is 0.100. The molecular weight excluding hydrogens is 396 g/mol. The van der Waals surface area contributed by atoms with E-state index >= 15 is 0 Å². The van der Waals surface area contributed by atoms with Crippen molar-refractivity contribution in [3.63, 3.8) is 0 Å². The molecule has 1 aromatic carbocycles. The van der Waals surface area contributed by atoms with Gasteiger partial charge in [0.25, 0.3) is 5.91 Å². The molecule has 0 radical (unpaired) electrons. The lowest BCUT2D eigenvalue weighted by Crippen LogP contribution is -2.41. The molecule has 3 heterocycles. The Morgan fingerprint density at radius 1 is 1.32 bits per heavy atom. The van der Waals surface area contributed by atoms with E-state index < -0.39 is 5.91 Å². The number of nitrogens with two attached hydrogens (primary N) is 1. The summed E-state index contributed by atoms with van der Waals surface area (Å²) in [6.07, 6.45) is 3.85. The van der Waals surface area contributed by atoms with E-state index in [9.17, 15) is 9.90 Å². The van der Waals surface area contributed by atoms with E-state index in [2.05, 4.69) is 16.2 Å². The lowest BCUT2D eigenvalue weighted by Gasteiger charge is -2.40. The van der Waals surface area contributed by atoms with Gasteiger partial charge in [0, 0.05) is 24.6 Å². The SMILES string of the molecule is CSc1cc(C(N)=O)c2nc3ccccc3n2c1N1CCC(C)(CO)CC1.Cl. The number of aliphatic hydroxyl groups excluding tert-OH is 1. The average molecular weight is 421 g/mol. The van der Waals surface area contributed by atoms with Gasteiger partial charge in [-0.2, -0.15) is 0 Å². The number of piperidine rings is 1. The number of anilines is 1. The number of aromatic nitrogens is 2. The van der Waals surface area contributed by atoms with Gasteiger partial charge in [0.1, 0.15) is 5.82 Å². The molecule has 0 aliphatic carbocycles. The molecule has 0 spiro atoms. The number of primary amides is 1. The van der Waals surface area contributed by atoms with Crippen molar-refractivity contribution in [3.05, 3.63) is 35.9 Å². The first kappa shape index (κ1) is 20.8. The van der Waals surface area contributed by atoms with Gasteiger partial charge in [-0.15, -0.1) is 24.2 Å². The number of nitrogens with zero attached hydrogens (tertiary/aromatic N) is 3. The van der Waals surface area contributed by atoms with E-state index in [4.69, 9.17) is 10.7 Å². The normalized spacial score (nSPS) is 16.3. The second-order valence-electron chi connectivity index (χ2n) is 7.53. The molecule has 6 nitrogen and oxygen atoms in total. The Bertz CT molecular complexity index is 1030. The van der Waals surface area contributed by atoms with Gasteiger partial charge < -0.3 is 15.7 Å². The molecular formula is C20H25ClN4O2S. The molecule has 3 aromatic rings. The maximum absolute atomic E-state index is 12.1. The van der Waals surface area contributed by atoms with E-state index in [1.165, 1.54) is 0 Å². The van der Waals surface area contributed by atoms with Crippen LogP contribution in [0.15, 0.2) is 35.2 Å². The summed E-state index contributed by atoms with van der Waals surface area (Å²) in [5.74, 6) is 0.583. The molecule has 1 amide bonds. The van der Waals surface area contributed by atoms with E-state index in [1.807, 2.05) is 36.6 Å². The number of imidazole rings is 1. The summed E-state index contributed by atoms with van der Waals surface area (Å²) in [5.41, 5.74) is 8.49. The zero-order chi connectivity index (χ0) is 19.2. The van der Waals surface area contributed by atoms with Gasteiger partial charge in [-0.05, 0) is 42.7 Å². The molecule has 1 fully saturated rings. The van der Waals surface area contributed by atoms with Crippen LogP contribution in [0.4, 0.5) is 5.82 Å². The molecule has 1 aliphatic heterocycles. The van der Waals surface area contributed by atoms with Gasteiger partial charge in [0.15, 0.2) is 5.65 Å². The fraction of sp³-hybridized carbons (Fsp3) is 0.400. The molecule has 2 aromatic heterocycles. The van der Waals surface area contributed by atoms with Crippen molar-refractivity contribution in [2.24, 2.45) is 11.1 Å². The smallest absolute Gasteiger partial charge is 0.252 e. The van der Waals surface area contributed by atoms with Gasteiger partial charge in [0.2, 0.25) is 0 Å². The van der Waals surface area contributed by atoms with Crippen LogP contribution in [0.1, 0.15) is 30.1 Å². The van der Waals surface area contributed by atoms with E-state index in [1.54, 1.807) is 11.8 Å². The number of fused-ring (bicyclic) bond motifs is 3. The second-order valence-corrected chi connectivity index (χ2v) is 8.38. The summed E-state index contributed by atoms with van der Waals surface area (Å²) in [6, 6.07) is 9.77. The summed E-state index contributed by atoms with van der Waals surface area (Å²) in [4.78, 5) is 20.1. The third-order valence-corrected chi connectivity index (χ3v) is 6.39. The number of hydrogen-bond acceptors (Lipinski definition) is 5. The first-order valence-corrected chi connectivity index (χ1v) is 10.3. The Labute approximate surface area is 174 Å². The van der Waals surface area contributed by atoms with Crippen molar-refractivity contribution >= 4 is 52.6 Å². The Morgan fingerprint density at radius 2 is 2.00 bits per heavy atom. The van der Waals surface area contributed by atoms with Crippen LogP contribution in [0.5, 0.6) is 0 Å². The number of carbonyl (C=O) groups excluding carboxylic acids is 1. The first-order valence-electron chi connectivity index (χ1n) is 9.11. The van der Waals surface area contributed by atoms with Crippen molar-refractivity contribution in [1.29, 1.82) is 0 Å². The summed E-state index contributed by atoms with van der Waals surface area (Å²) < 4.78 is 2.07. The molecule has 1 aliphatic rings. The maximum Gasteiger partial charge on any atom is 0.252 e. The summed E-state index contributed by atoms with van der Waals surface area (Å²) in [5, 5.41) is 9.70. The first-order chi connectivity index (χ1) is 13.0. The summed E-state index contributed by atoms with van der Waals surface area (Å²) in [6.45, 7) is 4.04. The molecule has 4 rings (SSSR count). The standard InChI is InChI=1S/C20H24N4O2S.ClH/c1-20(12-25)7-9-23(10-8-20)19-16(27-2)11-13(17(21)26)18-22-14-5-3-4-6-15(14)24(18)19;/h3-6,11,25H,7-10,12H2,1-2H3,(H2,21,26);1H. The van der Waals surface area contributed by atoms with Crippen LogP contribution in [-0.4, -0.2) is 46.4 Å². The fourth-order valence-corrected chi connectivity index (χ4v) is 4.48. The van der Waals surface area contributed by atoms with Crippen molar-refractivity contribution < 1.29 is 9.90 Å². The zero-order valence-electron chi connectivity index (χ0n) is 16.0. The summed E-state index contributed by atoms with van der Waals surface area (Å²) >= 11 is 1.61. The van der Waals surface area contributed by atoms with Crippen molar-refractivity contribution in [3.8, 4) is 0 Å². The molecule has 1 saturated heterocycles. The number of pyridine rings is 1. The molecule has 0 bridgehead atoms. The van der Waals surface area contributed by atoms with E-state index in [0.29, 0.717) is 11.2 Å². The van der Waals surface area contributed by atoms with Crippen molar-refractivity contribution in [2.45, 2.75) is 24.7 Å². The van der Waals surface area contributed by atoms with Crippen LogP contribution in [0, 0.1) is 5.41 Å². The second kappa shape index (κ2) is 7.81. The molecule has 0 atom stereocenters. The number of amides is 1. The number of hydrogen-bond donors (Lipinski definition) is 2. The number of carbonyl (C=O) groups is 1. The summed E-state index contributed by atoms with van der Waals surface area (Å²) in [7, 11) is 0. The molecule has 150 valence electrons. The number of rotatable bonds is 4. The number of thioether (sulfide) groups is 1. The van der Waals surface area contributed by atoms with Crippen molar-refractivity contribution in [2.75, 3.05) is 30.9 Å². The largest absolute Gasteiger partial charge is 0.396 e. The lowest BCUT2D eigenvalue weighted by atomic mass is 9.81. The van der Waals surface area contributed by atoms with Crippen LogP contribution in [-0.2, 0) is 0 Å². The van der Waals surface area contributed by atoms with E-state index in [0.717, 1.165) is 47.7 Å². The third kappa shape index (κ3) is 3.32. The number of aliphatic hydroxyl groups is 1. The van der Waals surface area contributed by atoms with Crippen LogP contribution in [0.2, 0.25) is 0 Å². The Balaban J connectivity index is 0.00000225. The fourth-order valence-electron chi connectivity index (χ4n) is 3.84. The molecule has 28 heavy (non-hydrogen) atoms. The quantitative estimate of drug-likeness (QED) is 0.632. The molecule has 0 unspecified atom stereocenters. The van der Waals surface area contributed by atoms with Crippen LogP contribution in [0.25, 0.3) is 16.7 Å². The van der Waals surface area contributed by atoms with Crippen LogP contribution >= 0.6 is 24.2 Å².